The smallest absolute Gasteiger partial charge is 0.315 e. The van der Waals surface area contributed by atoms with Gasteiger partial charge in [0.15, 0.2) is 0 Å². The van der Waals surface area contributed by atoms with E-state index in [4.69, 9.17) is 4.74 Å². The lowest BCUT2D eigenvalue weighted by molar-refractivity contribution is 0.111. The van der Waals surface area contributed by atoms with Gasteiger partial charge >= 0.3 is 6.03 Å². The standard InChI is InChI=1S/C14H20N2O2/c1-11-4-6-12(7-5-11)9-15-14(17)16-10-13-3-2-8-18-13/h4-7,13H,2-3,8-10H2,1H3,(H2,15,16,17). The number of ether oxygens (including phenoxy) is 1. The SMILES string of the molecule is Cc1ccc(CNC(=O)NCC2CCCO2)cc1. The van der Waals surface area contributed by atoms with Crippen molar-refractivity contribution in [2.75, 3.05) is 13.2 Å². The fraction of sp³-hybridized carbons (Fsp3) is 0.500. The first-order valence-corrected chi connectivity index (χ1v) is 6.43. The molecule has 1 aromatic carbocycles. The summed E-state index contributed by atoms with van der Waals surface area (Å²) >= 11 is 0. The summed E-state index contributed by atoms with van der Waals surface area (Å²) in [5.41, 5.74) is 2.33. The van der Waals surface area contributed by atoms with Crippen LogP contribution >= 0.6 is 0 Å². The van der Waals surface area contributed by atoms with Gasteiger partial charge in [-0.05, 0) is 25.3 Å². The molecule has 2 amide bonds. The molecule has 2 N–H and O–H groups in total. The van der Waals surface area contributed by atoms with Crippen LogP contribution in [0.1, 0.15) is 24.0 Å². The molecule has 1 heterocycles. The molecule has 0 spiro atoms. The number of hydrogen-bond donors (Lipinski definition) is 2. The van der Waals surface area contributed by atoms with Crippen molar-refractivity contribution < 1.29 is 9.53 Å². The van der Waals surface area contributed by atoms with Gasteiger partial charge in [-0.1, -0.05) is 29.8 Å². The lowest BCUT2D eigenvalue weighted by atomic mass is 10.1. The average molecular weight is 248 g/mol. The largest absolute Gasteiger partial charge is 0.376 e. The first kappa shape index (κ1) is 12.9. The van der Waals surface area contributed by atoms with E-state index in [0.717, 1.165) is 25.0 Å². The first-order chi connectivity index (χ1) is 8.74. The van der Waals surface area contributed by atoms with Crippen molar-refractivity contribution in [2.45, 2.75) is 32.4 Å². The lowest BCUT2D eigenvalue weighted by Gasteiger charge is -2.11. The Morgan fingerprint density at radius 1 is 1.33 bits per heavy atom. The Labute approximate surface area is 108 Å². The van der Waals surface area contributed by atoms with Crippen LogP contribution in [-0.2, 0) is 11.3 Å². The highest BCUT2D eigenvalue weighted by Gasteiger charge is 2.15. The number of carbonyl (C=O) groups is 1. The maximum atomic E-state index is 11.6. The van der Waals surface area contributed by atoms with Gasteiger partial charge in [-0.25, -0.2) is 4.79 Å². The minimum atomic E-state index is -0.133. The van der Waals surface area contributed by atoms with Gasteiger partial charge in [0.05, 0.1) is 6.10 Å². The fourth-order valence-corrected chi connectivity index (χ4v) is 1.96. The quantitative estimate of drug-likeness (QED) is 0.856. The fourth-order valence-electron chi connectivity index (χ4n) is 1.96. The minimum absolute atomic E-state index is 0.133. The number of hydrogen-bond acceptors (Lipinski definition) is 2. The molecule has 2 rings (SSSR count). The number of carbonyl (C=O) groups excluding carboxylic acids is 1. The van der Waals surface area contributed by atoms with Crippen molar-refractivity contribution in [3.05, 3.63) is 35.4 Å². The number of nitrogens with one attached hydrogen (secondary N) is 2. The maximum absolute atomic E-state index is 11.6. The molecule has 1 saturated heterocycles. The van der Waals surface area contributed by atoms with Gasteiger partial charge in [0.1, 0.15) is 0 Å². The van der Waals surface area contributed by atoms with Crippen molar-refractivity contribution in [3.63, 3.8) is 0 Å². The van der Waals surface area contributed by atoms with Crippen molar-refractivity contribution in [2.24, 2.45) is 0 Å². The molecular weight excluding hydrogens is 228 g/mol. The molecule has 18 heavy (non-hydrogen) atoms. The third-order valence-corrected chi connectivity index (χ3v) is 3.09. The zero-order valence-corrected chi connectivity index (χ0v) is 10.7. The van der Waals surface area contributed by atoms with Crippen LogP contribution in [0.2, 0.25) is 0 Å². The monoisotopic (exact) mass is 248 g/mol. The highest BCUT2D eigenvalue weighted by atomic mass is 16.5. The van der Waals surface area contributed by atoms with Crippen molar-refractivity contribution in [3.8, 4) is 0 Å². The highest BCUT2D eigenvalue weighted by molar-refractivity contribution is 5.73. The molecule has 0 aromatic heterocycles. The Kier molecular flexibility index (Phi) is 4.59. The molecule has 1 aliphatic rings. The van der Waals surface area contributed by atoms with Crippen LogP contribution in [0.4, 0.5) is 4.79 Å². The Bertz CT molecular complexity index is 383. The highest BCUT2D eigenvalue weighted by Crippen LogP contribution is 2.10. The summed E-state index contributed by atoms with van der Waals surface area (Å²) in [5.74, 6) is 0. The molecule has 0 bridgehead atoms. The Hall–Kier alpha value is -1.55. The van der Waals surface area contributed by atoms with E-state index in [-0.39, 0.29) is 12.1 Å². The zero-order valence-electron chi connectivity index (χ0n) is 10.7. The predicted octanol–water partition coefficient (Wildman–Crippen LogP) is 1.97. The van der Waals surface area contributed by atoms with E-state index in [0.29, 0.717) is 13.1 Å². The third-order valence-electron chi connectivity index (χ3n) is 3.09. The molecular formula is C14H20N2O2. The molecule has 0 aliphatic carbocycles. The summed E-state index contributed by atoms with van der Waals surface area (Å²) in [5, 5.41) is 5.67. The van der Waals surface area contributed by atoms with E-state index in [1.165, 1.54) is 5.56 Å². The first-order valence-electron chi connectivity index (χ1n) is 6.43. The van der Waals surface area contributed by atoms with Gasteiger partial charge in [0.2, 0.25) is 0 Å². The molecule has 1 atom stereocenters. The van der Waals surface area contributed by atoms with E-state index in [1.54, 1.807) is 0 Å². The number of urea groups is 1. The van der Waals surface area contributed by atoms with Gasteiger partial charge in [-0.3, -0.25) is 0 Å². The van der Waals surface area contributed by atoms with E-state index < -0.39 is 0 Å². The van der Waals surface area contributed by atoms with Crippen LogP contribution in [0.25, 0.3) is 0 Å². The normalized spacial score (nSPS) is 18.6. The minimum Gasteiger partial charge on any atom is -0.376 e. The lowest BCUT2D eigenvalue weighted by Crippen LogP contribution is -2.39. The van der Waals surface area contributed by atoms with Crippen LogP contribution in [0.3, 0.4) is 0 Å². The molecule has 1 aromatic rings. The third kappa shape index (κ3) is 4.04. The molecule has 98 valence electrons. The van der Waals surface area contributed by atoms with Crippen LogP contribution in [0.15, 0.2) is 24.3 Å². The van der Waals surface area contributed by atoms with Crippen LogP contribution in [-0.4, -0.2) is 25.3 Å². The van der Waals surface area contributed by atoms with E-state index in [2.05, 4.69) is 10.6 Å². The molecule has 0 radical (unpaired) electrons. The number of amides is 2. The maximum Gasteiger partial charge on any atom is 0.315 e. The molecule has 1 unspecified atom stereocenters. The number of benzene rings is 1. The van der Waals surface area contributed by atoms with Crippen LogP contribution in [0.5, 0.6) is 0 Å². The molecule has 1 fully saturated rings. The molecule has 4 heteroatoms. The molecule has 1 aliphatic heterocycles. The second-order valence-corrected chi connectivity index (χ2v) is 4.68. The van der Waals surface area contributed by atoms with Crippen molar-refractivity contribution in [1.29, 1.82) is 0 Å². The van der Waals surface area contributed by atoms with E-state index in [1.807, 2.05) is 31.2 Å². The summed E-state index contributed by atoms with van der Waals surface area (Å²) in [7, 11) is 0. The second kappa shape index (κ2) is 6.40. The van der Waals surface area contributed by atoms with E-state index in [9.17, 15) is 4.79 Å². The van der Waals surface area contributed by atoms with Gasteiger partial charge in [-0.15, -0.1) is 0 Å². The molecule has 4 nitrogen and oxygen atoms in total. The topological polar surface area (TPSA) is 50.4 Å². The van der Waals surface area contributed by atoms with E-state index >= 15 is 0 Å². The van der Waals surface area contributed by atoms with Gasteiger partial charge < -0.3 is 15.4 Å². The summed E-state index contributed by atoms with van der Waals surface area (Å²) in [6.45, 7) is 4.01. The summed E-state index contributed by atoms with van der Waals surface area (Å²) < 4.78 is 5.44. The van der Waals surface area contributed by atoms with Crippen molar-refractivity contribution >= 4 is 6.03 Å². The summed E-state index contributed by atoms with van der Waals surface area (Å²) in [4.78, 5) is 11.6. The Morgan fingerprint density at radius 3 is 2.78 bits per heavy atom. The number of rotatable bonds is 4. The summed E-state index contributed by atoms with van der Waals surface area (Å²) in [6, 6.07) is 8.00. The Morgan fingerprint density at radius 2 is 2.11 bits per heavy atom. The van der Waals surface area contributed by atoms with Crippen molar-refractivity contribution in [1.82, 2.24) is 10.6 Å². The molecule has 0 saturated carbocycles. The van der Waals surface area contributed by atoms with Crippen LogP contribution in [0, 0.1) is 6.92 Å². The van der Waals surface area contributed by atoms with Gasteiger partial charge in [-0.2, -0.15) is 0 Å². The van der Waals surface area contributed by atoms with Gasteiger partial charge in [0, 0.05) is 19.7 Å². The summed E-state index contributed by atoms with van der Waals surface area (Å²) in [6.07, 6.45) is 2.32. The Balaban J connectivity index is 1.66. The zero-order chi connectivity index (χ0) is 12.8. The average Bonchev–Trinajstić information content (AvgIpc) is 2.89. The van der Waals surface area contributed by atoms with Gasteiger partial charge in [0.25, 0.3) is 0 Å². The number of aryl methyl sites for hydroxylation is 1. The predicted molar refractivity (Wildman–Crippen MR) is 70.4 cm³/mol. The van der Waals surface area contributed by atoms with Crippen LogP contribution < -0.4 is 10.6 Å². The second-order valence-electron chi connectivity index (χ2n) is 4.68.